The summed E-state index contributed by atoms with van der Waals surface area (Å²) in [5.74, 6) is -4.52. The largest absolute Gasteiger partial charge is 0.481 e. The van der Waals surface area contributed by atoms with Crippen LogP contribution in [0.2, 0.25) is 0 Å². The number of aliphatic carboxylic acids is 2. The van der Waals surface area contributed by atoms with E-state index in [1.165, 1.54) is 11.8 Å². The lowest BCUT2D eigenvalue weighted by Gasteiger charge is -2.24. The summed E-state index contributed by atoms with van der Waals surface area (Å²) in [6.07, 6.45) is 1.90. The van der Waals surface area contributed by atoms with E-state index in [1.54, 1.807) is 13.2 Å². The molecule has 166 valence electrons. The highest BCUT2D eigenvalue weighted by Gasteiger charge is 2.30. The SMILES string of the molecule is CCC(C)C(N)C(=O)NC(CC(=O)O)C(=O)NC(CCSC)C(=O)NCC(=O)O. The van der Waals surface area contributed by atoms with Gasteiger partial charge in [0.2, 0.25) is 17.7 Å². The molecule has 3 amide bonds. The molecule has 0 saturated carbocycles. The van der Waals surface area contributed by atoms with Gasteiger partial charge in [0.15, 0.2) is 0 Å². The first kappa shape index (κ1) is 26.7. The molecule has 4 unspecified atom stereocenters. The van der Waals surface area contributed by atoms with Crippen LogP contribution < -0.4 is 21.7 Å². The number of carboxylic acid groups (broad SMARTS) is 2. The second-order valence-electron chi connectivity index (χ2n) is 6.52. The summed E-state index contributed by atoms with van der Waals surface area (Å²) >= 11 is 1.41. The number of rotatable bonds is 14. The summed E-state index contributed by atoms with van der Waals surface area (Å²) in [5.41, 5.74) is 5.82. The van der Waals surface area contributed by atoms with Crippen molar-refractivity contribution in [2.45, 2.75) is 51.2 Å². The molecule has 0 saturated heterocycles. The van der Waals surface area contributed by atoms with Crippen LogP contribution in [0.5, 0.6) is 0 Å². The maximum atomic E-state index is 12.6. The van der Waals surface area contributed by atoms with Crippen molar-refractivity contribution in [3.05, 3.63) is 0 Å². The maximum absolute atomic E-state index is 12.6. The van der Waals surface area contributed by atoms with E-state index in [2.05, 4.69) is 16.0 Å². The molecule has 0 aromatic rings. The van der Waals surface area contributed by atoms with Crippen LogP contribution in [0.1, 0.15) is 33.1 Å². The molecule has 12 heteroatoms. The molecule has 0 aromatic carbocycles. The minimum absolute atomic E-state index is 0.181. The van der Waals surface area contributed by atoms with Crippen LogP contribution in [0.15, 0.2) is 0 Å². The fraction of sp³-hybridized carbons (Fsp3) is 0.706. The van der Waals surface area contributed by atoms with Crippen molar-refractivity contribution in [2.24, 2.45) is 11.7 Å². The van der Waals surface area contributed by atoms with Crippen molar-refractivity contribution < 1.29 is 34.2 Å². The molecule has 0 aliphatic rings. The summed E-state index contributed by atoms with van der Waals surface area (Å²) in [6.45, 7) is 2.97. The van der Waals surface area contributed by atoms with Gasteiger partial charge in [-0.2, -0.15) is 11.8 Å². The maximum Gasteiger partial charge on any atom is 0.322 e. The van der Waals surface area contributed by atoms with Crippen LogP contribution >= 0.6 is 11.8 Å². The first-order valence-electron chi connectivity index (χ1n) is 9.09. The van der Waals surface area contributed by atoms with Gasteiger partial charge >= 0.3 is 11.9 Å². The van der Waals surface area contributed by atoms with Gasteiger partial charge in [0.05, 0.1) is 12.5 Å². The summed E-state index contributed by atoms with van der Waals surface area (Å²) in [7, 11) is 0. The Hall–Kier alpha value is -2.34. The average molecular weight is 435 g/mol. The lowest BCUT2D eigenvalue weighted by Crippen LogP contribution is -2.57. The monoisotopic (exact) mass is 434 g/mol. The van der Waals surface area contributed by atoms with Gasteiger partial charge in [0, 0.05) is 0 Å². The molecule has 0 aliphatic heterocycles. The quantitative estimate of drug-likeness (QED) is 0.194. The topological polar surface area (TPSA) is 188 Å². The van der Waals surface area contributed by atoms with Crippen molar-refractivity contribution in [2.75, 3.05) is 18.6 Å². The molecular weight excluding hydrogens is 404 g/mol. The van der Waals surface area contributed by atoms with Crippen LogP contribution in [0.4, 0.5) is 0 Å². The Morgan fingerprint density at radius 1 is 0.966 bits per heavy atom. The van der Waals surface area contributed by atoms with Gasteiger partial charge in [0.25, 0.3) is 0 Å². The standard InChI is InChI=1S/C17H30N4O7S/c1-4-9(2)14(18)17(28)21-11(7-12(22)23)16(27)20-10(5-6-29-3)15(26)19-8-13(24)25/h9-11,14H,4-8,18H2,1-3H3,(H,19,26)(H,20,27)(H,21,28)(H,22,23)(H,24,25). The lowest BCUT2D eigenvalue weighted by molar-refractivity contribution is -0.141. The van der Waals surface area contributed by atoms with E-state index in [1.807, 2.05) is 6.92 Å². The fourth-order valence-electron chi connectivity index (χ4n) is 2.23. The summed E-state index contributed by atoms with van der Waals surface area (Å²) < 4.78 is 0. The molecule has 11 nitrogen and oxygen atoms in total. The Labute approximate surface area is 173 Å². The number of carbonyl (C=O) groups excluding carboxylic acids is 3. The first-order chi connectivity index (χ1) is 13.5. The minimum Gasteiger partial charge on any atom is -0.481 e. The van der Waals surface area contributed by atoms with Crippen molar-refractivity contribution in [3.8, 4) is 0 Å². The number of carboxylic acids is 2. The highest BCUT2D eigenvalue weighted by molar-refractivity contribution is 7.98. The molecule has 0 bridgehead atoms. The molecule has 0 fully saturated rings. The molecule has 0 aromatic heterocycles. The third kappa shape index (κ3) is 10.7. The average Bonchev–Trinajstić information content (AvgIpc) is 2.66. The predicted molar refractivity (Wildman–Crippen MR) is 107 cm³/mol. The number of thioether (sulfide) groups is 1. The number of nitrogens with one attached hydrogen (secondary N) is 3. The Kier molecular flexibility index (Phi) is 12.7. The van der Waals surface area contributed by atoms with E-state index in [-0.39, 0.29) is 12.3 Å². The fourth-order valence-corrected chi connectivity index (χ4v) is 2.70. The number of amides is 3. The molecule has 29 heavy (non-hydrogen) atoms. The van der Waals surface area contributed by atoms with E-state index in [9.17, 15) is 24.0 Å². The number of carbonyl (C=O) groups is 5. The normalized spacial score (nSPS) is 14.8. The van der Waals surface area contributed by atoms with Crippen LogP contribution in [0.25, 0.3) is 0 Å². The minimum atomic E-state index is -1.43. The highest BCUT2D eigenvalue weighted by atomic mass is 32.2. The Morgan fingerprint density at radius 2 is 1.55 bits per heavy atom. The second kappa shape index (κ2) is 13.8. The van der Waals surface area contributed by atoms with E-state index in [4.69, 9.17) is 15.9 Å². The van der Waals surface area contributed by atoms with Crippen molar-refractivity contribution >= 4 is 41.4 Å². The Morgan fingerprint density at radius 3 is 2.03 bits per heavy atom. The highest BCUT2D eigenvalue weighted by Crippen LogP contribution is 2.07. The van der Waals surface area contributed by atoms with Crippen LogP contribution in [0, 0.1) is 5.92 Å². The van der Waals surface area contributed by atoms with Gasteiger partial charge in [-0.15, -0.1) is 0 Å². The second-order valence-corrected chi connectivity index (χ2v) is 7.51. The lowest BCUT2D eigenvalue weighted by atomic mass is 9.99. The van der Waals surface area contributed by atoms with E-state index < -0.39 is 60.8 Å². The first-order valence-corrected chi connectivity index (χ1v) is 10.5. The van der Waals surface area contributed by atoms with Gasteiger partial charge in [-0.25, -0.2) is 0 Å². The molecule has 7 N–H and O–H groups in total. The zero-order valence-electron chi connectivity index (χ0n) is 16.8. The van der Waals surface area contributed by atoms with Crippen molar-refractivity contribution in [3.63, 3.8) is 0 Å². The summed E-state index contributed by atoms with van der Waals surface area (Å²) in [4.78, 5) is 58.7. The third-order valence-electron chi connectivity index (χ3n) is 4.23. The van der Waals surface area contributed by atoms with E-state index >= 15 is 0 Å². The van der Waals surface area contributed by atoms with Crippen LogP contribution in [-0.2, 0) is 24.0 Å². The zero-order chi connectivity index (χ0) is 22.6. The smallest absolute Gasteiger partial charge is 0.322 e. The van der Waals surface area contributed by atoms with Gasteiger partial charge < -0.3 is 31.9 Å². The third-order valence-corrected chi connectivity index (χ3v) is 4.87. The van der Waals surface area contributed by atoms with Crippen molar-refractivity contribution in [1.29, 1.82) is 0 Å². The van der Waals surface area contributed by atoms with Crippen LogP contribution in [0.3, 0.4) is 0 Å². The van der Waals surface area contributed by atoms with E-state index in [0.717, 1.165) is 0 Å². The molecule has 0 spiro atoms. The van der Waals surface area contributed by atoms with Gasteiger partial charge in [-0.3, -0.25) is 24.0 Å². The predicted octanol–water partition coefficient (Wildman–Crippen LogP) is -1.24. The van der Waals surface area contributed by atoms with Crippen LogP contribution in [-0.4, -0.2) is 76.6 Å². The summed E-state index contributed by atoms with van der Waals surface area (Å²) in [6, 6.07) is -3.43. The molecular formula is C17H30N4O7S. The molecule has 4 atom stereocenters. The number of hydrogen-bond acceptors (Lipinski definition) is 7. The van der Waals surface area contributed by atoms with Crippen molar-refractivity contribution in [1.82, 2.24) is 16.0 Å². The Balaban J connectivity index is 5.25. The van der Waals surface area contributed by atoms with Gasteiger partial charge in [-0.05, 0) is 24.3 Å². The Bertz CT molecular complexity index is 602. The molecule has 0 heterocycles. The zero-order valence-corrected chi connectivity index (χ0v) is 17.6. The number of hydrogen-bond donors (Lipinski definition) is 6. The number of nitrogens with two attached hydrogens (primary N) is 1. The molecule has 0 radical (unpaired) electrons. The molecule has 0 rings (SSSR count). The van der Waals surface area contributed by atoms with E-state index in [0.29, 0.717) is 12.2 Å². The summed E-state index contributed by atoms with van der Waals surface area (Å²) in [5, 5.41) is 24.6. The molecule has 0 aliphatic carbocycles. The van der Waals surface area contributed by atoms with Gasteiger partial charge in [-0.1, -0.05) is 20.3 Å². The van der Waals surface area contributed by atoms with Gasteiger partial charge in [0.1, 0.15) is 18.6 Å².